The van der Waals surface area contributed by atoms with Gasteiger partial charge in [0.05, 0.1) is 5.39 Å². The van der Waals surface area contributed by atoms with Crippen LogP contribution in [0.3, 0.4) is 0 Å². The number of rotatable bonds is 10. The van der Waals surface area contributed by atoms with E-state index in [1.165, 1.54) is 25.9 Å². The number of hydrogen-bond acceptors (Lipinski definition) is 6. The van der Waals surface area contributed by atoms with Crippen molar-refractivity contribution in [1.29, 1.82) is 0 Å². The van der Waals surface area contributed by atoms with Gasteiger partial charge in [0.2, 0.25) is 5.91 Å². The van der Waals surface area contributed by atoms with Crippen LogP contribution >= 0.6 is 11.3 Å². The van der Waals surface area contributed by atoms with Crippen molar-refractivity contribution in [2.24, 2.45) is 0 Å². The molecule has 0 spiro atoms. The Kier molecular flexibility index (Phi) is 7.26. The fourth-order valence-electron chi connectivity index (χ4n) is 3.92. The molecule has 1 fully saturated rings. The first-order chi connectivity index (χ1) is 14.8. The number of benzene rings is 1. The van der Waals surface area contributed by atoms with Crippen LogP contribution in [0.1, 0.15) is 32.1 Å². The highest BCUT2D eigenvalue weighted by Gasteiger charge is 2.13. The SMILES string of the molecule is O=C(CCNc1ncnc2scc(-c3ccccc3)c12)NCCCCN1CCCC1. The molecular weight excluding hydrogens is 394 g/mol. The molecule has 6 nitrogen and oxygen atoms in total. The van der Waals surface area contributed by atoms with Crippen LogP contribution in [0.4, 0.5) is 5.82 Å². The van der Waals surface area contributed by atoms with Crippen molar-refractivity contribution < 1.29 is 4.79 Å². The van der Waals surface area contributed by atoms with E-state index in [1.807, 2.05) is 18.2 Å². The summed E-state index contributed by atoms with van der Waals surface area (Å²) in [5.41, 5.74) is 2.27. The molecule has 2 aromatic heterocycles. The van der Waals surface area contributed by atoms with Crippen molar-refractivity contribution in [2.75, 3.05) is 38.0 Å². The van der Waals surface area contributed by atoms with E-state index in [4.69, 9.17) is 0 Å². The molecule has 0 atom stereocenters. The largest absolute Gasteiger partial charge is 0.369 e. The molecule has 1 amide bonds. The minimum absolute atomic E-state index is 0.0857. The van der Waals surface area contributed by atoms with Gasteiger partial charge in [-0.3, -0.25) is 4.79 Å². The summed E-state index contributed by atoms with van der Waals surface area (Å²) < 4.78 is 0. The zero-order valence-corrected chi connectivity index (χ0v) is 18.1. The maximum Gasteiger partial charge on any atom is 0.221 e. The Morgan fingerprint density at radius 2 is 1.90 bits per heavy atom. The standard InChI is InChI=1S/C23H29N5OS/c29-20(24-11-4-5-13-28-14-6-7-15-28)10-12-25-22-21-19(18-8-2-1-3-9-18)16-30-23(21)27-17-26-22/h1-3,8-9,16-17H,4-7,10-15H2,(H,24,29)(H,25,26,27). The number of likely N-dealkylation sites (tertiary alicyclic amines) is 1. The van der Waals surface area contributed by atoms with Crippen LogP contribution in [0.2, 0.25) is 0 Å². The second-order valence-corrected chi connectivity index (χ2v) is 8.56. The highest BCUT2D eigenvalue weighted by Crippen LogP contribution is 2.36. The number of hydrogen-bond donors (Lipinski definition) is 2. The Morgan fingerprint density at radius 3 is 2.73 bits per heavy atom. The molecule has 30 heavy (non-hydrogen) atoms. The smallest absolute Gasteiger partial charge is 0.221 e. The van der Waals surface area contributed by atoms with Gasteiger partial charge in [-0.2, -0.15) is 0 Å². The number of nitrogens with zero attached hydrogens (tertiary/aromatic N) is 3. The van der Waals surface area contributed by atoms with E-state index in [-0.39, 0.29) is 5.91 Å². The van der Waals surface area contributed by atoms with E-state index in [0.29, 0.717) is 13.0 Å². The van der Waals surface area contributed by atoms with Crippen LogP contribution in [0.5, 0.6) is 0 Å². The Bertz CT molecular complexity index is 953. The number of thiophene rings is 1. The van der Waals surface area contributed by atoms with E-state index in [1.54, 1.807) is 17.7 Å². The third kappa shape index (κ3) is 5.34. The van der Waals surface area contributed by atoms with Gasteiger partial charge in [0.15, 0.2) is 0 Å². The Hall–Kier alpha value is -2.51. The molecule has 158 valence electrons. The molecule has 1 saturated heterocycles. The summed E-state index contributed by atoms with van der Waals surface area (Å²) in [5.74, 6) is 0.876. The van der Waals surface area contributed by atoms with Gasteiger partial charge in [-0.25, -0.2) is 9.97 Å². The number of unbranched alkanes of at least 4 members (excludes halogenated alkanes) is 1. The molecule has 0 aliphatic carbocycles. The van der Waals surface area contributed by atoms with Crippen molar-refractivity contribution >= 4 is 33.3 Å². The summed E-state index contributed by atoms with van der Waals surface area (Å²) in [4.78, 5) is 24.5. The highest BCUT2D eigenvalue weighted by molar-refractivity contribution is 7.17. The first-order valence-electron chi connectivity index (χ1n) is 10.8. The number of aromatic nitrogens is 2. The normalized spacial score (nSPS) is 14.3. The Morgan fingerprint density at radius 1 is 1.07 bits per heavy atom. The first kappa shape index (κ1) is 20.8. The summed E-state index contributed by atoms with van der Waals surface area (Å²) in [5, 5.41) is 9.52. The number of nitrogens with one attached hydrogen (secondary N) is 2. The number of carbonyl (C=O) groups is 1. The number of anilines is 1. The molecule has 1 aromatic carbocycles. The molecule has 0 radical (unpaired) electrons. The minimum Gasteiger partial charge on any atom is -0.369 e. The second-order valence-electron chi connectivity index (χ2n) is 7.70. The predicted molar refractivity (Wildman–Crippen MR) is 124 cm³/mol. The lowest BCUT2D eigenvalue weighted by Crippen LogP contribution is -2.27. The zero-order chi connectivity index (χ0) is 20.6. The molecule has 4 rings (SSSR count). The van der Waals surface area contributed by atoms with Gasteiger partial charge in [-0.15, -0.1) is 11.3 Å². The van der Waals surface area contributed by atoms with E-state index in [2.05, 4.69) is 43.0 Å². The molecule has 7 heteroatoms. The summed E-state index contributed by atoms with van der Waals surface area (Å²) in [6.45, 7) is 4.95. The lowest BCUT2D eigenvalue weighted by Gasteiger charge is -2.14. The number of amides is 1. The number of carbonyl (C=O) groups excluding carboxylic acids is 1. The van der Waals surface area contributed by atoms with Crippen molar-refractivity contribution in [3.63, 3.8) is 0 Å². The van der Waals surface area contributed by atoms with Gasteiger partial charge >= 0.3 is 0 Å². The van der Waals surface area contributed by atoms with Crippen LogP contribution in [0, 0.1) is 0 Å². The van der Waals surface area contributed by atoms with Crippen LogP contribution in [-0.4, -0.2) is 53.5 Å². The summed E-state index contributed by atoms with van der Waals surface area (Å²) in [7, 11) is 0. The maximum absolute atomic E-state index is 12.2. The molecular formula is C23H29N5OS. The van der Waals surface area contributed by atoms with Gasteiger partial charge in [0, 0.05) is 30.5 Å². The van der Waals surface area contributed by atoms with Crippen molar-refractivity contribution in [3.8, 4) is 11.1 Å². The van der Waals surface area contributed by atoms with Crippen LogP contribution in [-0.2, 0) is 4.79 Å². The number of fused-ring (bicyclic) bond motifs is 1. The van der Waals surface area contributed by atoms with Crippen molar-refractivity contribution in [3.05, 3.63) is 42.0 Å². The van der Waals surface area contributed by atoms with E-state index >= 15 is 0 Å². The third-order valence-electron chi connectivity index (χ3n) is 5.52. The van der Waals surface area contributed by atoms with Crippen LogP contribution in [0.25, 0.3) is 21.3 Å². The van der Waals surface area contributed by atoms with Crippen LogP contribution in [0.15, 0.2) is 42.0 Å². The van der Waals surface area contributed by atoms with E-state index in [9.17, 15) is 4.79 Å². The van der Waals surface area contributed by atoms with Gasteiger partial charge in [-0.1, -0.05) is 30.3 Å². The lowest BCUT2D eigenvalue weighted by atomic mass is 10.1. The fourth-order valence-corrected chi connectivity index (χ4v) is 4.83. The molecule has 2 N–H and O–H groups in total. The summed E-state index contributed by atoms with van der Waals surface area (Å²) in [6, 6.07) is 10.3. The first-order valence-corrected chi connectivity index (χ1v) is 11.7. The zero-order valence-electron chi connectivity index (χ0n) is 17.3. The summed E-state index contributed by atoms with van der Waals surface area (Å²) in [6.07, 6.45) is 6.87. The average Bonchev–Trinajstić information content (AvgIpc) is 3.44. The fraction of sp³-hybridized carbons (Fsp3) is 0.435. The van der Waals surface area contributed by atoms with Gasteiger partial charge < -0.3 is 15.5 Å². The van der Waals surface area contributed by atoms with Crippen LogP contribution < -0.4 is 10.6 Å². The average molecular weight is 424 g/mol. The van der Waals surface area contributed by atoms with Gasteiger partial charge in [0.25, 0.3) is 0 Å². The topological polar surface area (TPSA) is 70.1 Å². The molecule has 1 aliphatic rings. The Balaban J connectivity index is 1.25. The van der Waals surface area contributed by atoms with Gasteiger partial charge in [0.1, 0.15) is 17.0 Å². The highest BCUT2D eigenvalue weighted by atomic mass is 32.1. The Labute approximate surface area is 181 Å². The maximum atomic E-state index is 12.2. The van der Waals surface area contributed by atoms with Gasteiger partial charge in [-0.05, 0) is 50.9 Å². The van der Waals surface area contributed by atoms with E-state index in [0.717, 1.165) is 53.1 Å². The molecule has 0 unspecified atom stereocenters. The van der Waals surface area contributed by atoms with Crippen molar-refractivity contribution in [2.45, 2.75) is 32.1 Å². The van der Waals surface area contributed by atoms with E-state index < -0.39 is 0 Å². The minimum atomic E-state index is 0.0857. The molecule has 0 saturated carbocycles. The quantitative estimate of drug-likeness (QED) is 0.479. The molecule has 0 bridgehead atoms. The molecule has 1 aliphatic heterocycles. The summed E-state index contributed by atoms with van der Waals surface area (Å²) >= 11 is 1.61. The molecule has 3 aromatic rings. The monoisotopic (exact) mass is 423 g/mol. The molecule has 3 heterocycles. The lowest BCUT2D eigenvalue weighted by molar-refractivity contribution is -0.120. The third-order valence-corrected chi connectivity index (χ3v) is 6.41. The predicted octanol–water partition coefficient (Wildman–Crippen LogP) is 4.15. The van der Waals surface area contributed by atoms with Crippen molar-refractivity contribution in [1.82, 2.24) is 20.2 Å². The second kappa shape index (κ2) is 10.5.